The molecule has 0 saturated heterocycles. The molecule has 1 aliphatic heterocycles. The summed E-state index contributed by atoms with van der Waals surface area (Å²) in [5.41, 5.74) is 4.67. The van der Waals surface area contributed by atoms with Crippen LogP contribution in [0.3, 0.4) is 0 Å². The van der Waals surface area contributed by atoms with Gasteiger partial charge in [-0.1, -0.05) is 6.07 Å². The van der Waals surface area contributed by atoms with E-state index in [9.17, 15) is 22.8 Å². The van der Waals surface area contributed by atoms with Crippen LogP contribution in [0.2, 0.25) is 0 Å². The molecule has 1 unspecified atom stereocenters. The van der Waals surface area contributed by atoms with E-state index >= 15 is 0 Å². The first-order chi connectivity index (χ1) is 12.2. The molecule has 1 aliphatic rings. The second kappa shape index (κ2) is 6.42. The first-order valence-corrected chi connectivity index (χ1v) is 9.03. The topological polar surface area (TPSA) is 164 Å². The summed E-state index contributed by atoms with van der Waals surface area (Å²) in [6.07, 6.45) is 0.644. The van der Waals surface area contributed by atoms with Gasteiger partial charge < -0.3 is 20.2 Å². The quantitative estimate of drug-likeness (QED) is 0.484. The standard InChI is InChI=1S/C15H16N4O6S/c1-7-12(14(21)19-15(22)18-7)26(23,24)25-9-3-2-8-4-5-17-11(13(16)20)10(8)6-9/h2-3,6,11,17H,4-5H2,1H3,(H2,16,20)(H2,18,19,21,22). The van der Waals surface area contributed by atoms with E-state index in [0.717, 1.165) is 5.56 Å². The molecular weight excluding hydrogens is 364 g/mol. The molecule has 1 aromatic heterocycles. The number of H-pyrrole nitrogens is 2. The van der Waals surface area contributed by atoms with E-state index < -0.39 is 38.2 Å². The third-order valence-electron chi connectivity index (χ3n) is 3.99. The number of nitrogens with one attached hydrogen (secondary N) is 3. The number of primary amides is 1. The Bertz CT molecular complexity index is 1100. The number of carbonyl (C=O) groups excluding carboxylic acids is 1. The van der Waals surface area contributed by atoms with Crippen molar-refractivity contribution in [3.05, 3.63) is 55.9 Å². The molecule has 0 radical (unpaired) electrons. The van der Waals surface area contributed by atoms with Gasteiger partial charge in [-0.3, -0.25) is 14.6 Å². The summed E-state index contributed by atoms with van der Waals surface area (Å²) in [7, 11) is -4.51. The van der Waals surface area contributed by atoms with Gasteiger partial charge in [0.15, 0.2) is 4.90 Å². The van der Waals surface area contributed by atoms with Crippen molar-refractivity contribution in [3.8, 4) is 5.75 Å². The van der Waals surface area contributed by atoms with Gasteiger partial charge in [0.05, 0.1) is 0 Å². The molecule has 2 aromatic rings. The zero-order valence-corrected chi connectivity index (χ0v) is 14.5. The van der Waals surface area contributed by atoms with Gasteiger partial charge in [0.1, 0.15) is 11.8 Å². The first kappa shape index (κ1) is 17.9. The Labute approximate surface area is 147 Å². The van der Waals surface area contributed by atoms with E-state index in [1.807, 2.05) is 4.98 Å². The van der Waals surface area contributed by atoms with Crippen LogP contribution in [-0.4, -0.2) is 30.8 Å². The van der Waals surface area contributed by atoms with Crippen molar-refractivity contribution in [3.63, 3.8) is 0 Å². The van der Waals surface area contributed by atoms with Gasteiger partial charge in [-0.25, -0.2) is 4.79 Å². The number of nitrogens with two attached hydrogens (primary N) is 1. The fourth-order valence-electron chi connectivity index (χ4n) is 2.89. The van der Waals surface area contributed by atoms with E-state index in [1.54, 1.807) is 6.07 Å². The van der Waals surface area contributed by atoms with E-state index in [4.69, 9.17) is 9.92 Å². The van der Waals surface area contributed by atoms with Crippen LogP contribution >= 0.6 is 0 Å². The van der Waals surface area contributed by atoms with Crippen molar-refractivity contribution in [1.29, 1.82) is 0 Å². The second-order valence-electron chi connectivity index (χ2n) is 5.80. The van der Waals surface area contributed by atoms with Crippen LogP contribution in [0, 0.1) is 6.92 Å². The Balaban J connectivity index is 2.02. The minimum atomic E-state index is -4.51. The second-order valence-corrected chi connectivity index (χ2v) is 7.28. The van der Waals surface area contributed by atoms with Crippen LogP contribution in [0.15, 0.2) is 32.7 Å². The molecule has 138 valence electrons. The first-order valence-electron chi connectivity index (χ1n) is 7.62. The zero-order valence-electron chi connectivity index (χ0n) is 13.7. The van der Waals surface area contributed by atoms with E-state index in [1.165, 1.54) is 19.1 Å². The molecule has 0 fully saturated rings. The highest BCUT2D eigenvalue weighted by molar-refractivity contribution is 7.87. The van der Waals surface area contributed by atoms with Gasteiger partial charge in [-0.15, -0.1) is 0 Å². The summed E-state index contributed by atoms with van der Waals surface area (Å²) in [6, 6.07) is 3.70. The number of carbonyl (C=O) groups is 1. The van der Waals surface area contributed by atoms with Gasteiger partial charge >= 0.3 is 15.8 Å². The number of rotatable bonds is 4. The number of hydrogen-bond acceptors (Lipinski definition) is 7. The van der Waals surface area contributed by atoms with Crippen molar-refractivity contribution in [2.75, 3.05) is 6.54 Å². The van der Waals surface area contributed by atoms with Gasteiger partial charge in [-0.2, -0.15) is 8.42 Å². The highest BCUT2D eigenvalue weighted by Gasteiger charge is 2.28. The average Bonchev–Trinajstić information content (AvgIpc) is 2.52. The Morgan fingerprint density at radius 3 is 2.65 bits per heavy atom. The molecule has 0 bridgehead atoms. The SMILES string of the molecule is Cc1[nH]c(=O)[nH]c(=O)c1S(=O)(=O)Oc1ccc2c(c1)C(C(N)=O)NCC2. The largest absolute Gasteiger partial charge is 0.379 e. The van der Waals surface area contributed by atoms with Crippen molar-refractivity contribution in [1.82, 2.24) is 15.3 Å². The normalized spacial score (nSPS) is 16.7. The Hall–Kier alpha value is -2.92. The minimum absolute atomic E-state index is 0.0799. The third-order valence-corrected chi connectivity index (χ3v) is 5.39. The smallest absolute Gasteiger partial charge is 0.346 e. The van der Waals surface area contributed by atoms with Gasteiger partial charge in [0.25, 0.3) is 5.56 Å². The maximum Gasteiger partial charge on any atom is 0.346 e. The molecule has 0 saturated carbocycles. The maximum atomic E-state index is 12.5. The fraction of sp³-hybridized carbons (Fsp3) is 0.267. The van der Waals surface area contributed by atoms with Gasteiger partial charge in [-0.05, 0) is 36.6 Å². The van der Waals surface area contributed by atoms with Crippen LogP contribution in [0.5, 0.6) is 5.75 Å². The van der Waals surface area contributed by atoms with Crippen LogP contribution in [0.1, 0.15) is 22.9 Å². The van der Waals surface area contributed by atoms with Crippen molar-refractivity contribution in [2.45, 2.75) is 24.3 Å². The predicted octanol–water partition coefficient (Wildman–Crippen LogP) is -1.19. The number of aromatic amines is 2. The molecule has 1 aromatic carbocycles. The van der Waals surface area contributed by atoms with Gasteiger partial charge in [0.2, 0.25) is 5.91 Å². The zero-order chi connectivity index (χ0) is 19.1. The summed E-state index contributed by atoms with van der Waals surface area (Å²) in [5, 5.41) is 2.95. The molecule has 26 heavy (non-hydrogen) atoms. The number of aryl methyl sites for hydroxylation is 1. The van der Waals surface area contributed by atoms with Crippen LogP contribution in [-0.2, 0) is 21.3 Å². The molecule has 0 spiro atoms. The highest BCUT2D eigenvalue weighted by Crippen LogP contribution is 2.28. The fourth-order valence-corrected chi connectivity index (χ4v) is 4.04. The molecule has 1 amide bonds. The molecule has 11 heteroatoms. The molecular formula is C15H16N4O6S. The Morgan fingerprint density at radius 1 is 1.27 bits per heavy atom. The van der Waals surface area contributed by atoms with Crippen LogP contribution in [0.4, 0.5) is 0 Å². The lowest BCUT2D eigenvalue weighted by atomic mass is 9.94. The average molecular weight is 380 g/mol. The number of hydrogen-bond donors (Lipinski definition) is 4. The predicted molar refractivity (Wildman–Crippen MR) is 90.3 cm³/mol. The molecule has 0 aliphatic carbocycles. The summed E-state index contributed by atoms with van der Waals surface area (Å²) in [5.74, 6) is -0.678. The third kappa shape index (κ3) is 3.26. The summed E-state index contributed by atoms with van der Waals surface area (Å²) in [4.78, 5) is 38.0. The lowest BCUT2D eigenvalue weighted by Gasteiger charge is -2.25. The minimum Gasteiger partial charge on any atom is -0.379 e. The summed E-state index contributed by atoms with van der Waals surface area (Å²) >= 11 is 0. The van der Waals surface area contributed by atoms with Crippen LogP contribution < -0.4 is 26.5 Å². The Kier molecular flexibility index (Phi) is 4.42. The lowest BCUT2D eigenvalue weighted by molar-refractivity contribution is -0.120. The van der Waals surface area contributed by atoms with E-state index in [2.05, 4.69) is 10.3 Å². The molecule has 1 atom stereocenters. The molecule has 3 rings (SSSR count). The summed E-state index contributed by atoms with van der Waals surface area (Å²) < 4.78 is 30.0. The number of benzene rings is 1. The molecule has 2 heterocycles. The number of amides is 1. The lowest BCUT2D eigenvalue weighted by Crippen LogP contribution is -2.38. The highest BCUT2D eigenvalue weighted by atomic mass is 32.2. The van der Waals surface area contributed by atoms with E-state index in [-0.39, 0.29) is 11.4 Å². The number of aromatic nitrogens is 2. The maximum absolute atomic E-state index is 12.5. The van der Waals surface area contributed by atoms with Crippen LogP contribution in [0.25, 0.3) is 0 Å². The number of fused-ring (bicyclic) bond motifs is 1. The Morgan fingerprint density at radius 2 is 2.00 bits per heavy atom. The summed E-state index contributed by atoms with van der Waals surface area (Å²) in [6.45, 7) is 1.83. The molecule has 5 N–H and O–H groups in total. The van der Waals surface area contributed by atoms with E-state index in [0.29, 0.717) is 18.5 Å². The van der Waals surface area contributed by atoms with Crippen molar-refractivity contribution < 1.29 is 17.4 Å². The van der Waals surface area contributed by atoms with Crippen molar-refractivity contribution >= 4 is 16.0 Å². The van der Waals surface area contributed by atoms with Crippen molar-refractivity contribution in [2.24, 2.45) is 5.73 Å². The molecule has 10 nitrogen and oxygen atoms in total. The monoisotopic (exact) mass is 380 g/mol. The van der Waals surface area contributed by atoms with Gasteiger partial charge in [0, 0.05) is 12.2 Å².